The van der Waals surface area contributed by atoms with E-state index in [0.29, 0.717) is 0 Å². The zero-order valence-corrected chi connectivity index (χ0v) is 15.3. The lowest BCUT2D eigenvalue weighted by atomic mass is 9.85. The van der Waals surface area contributed by atoms with Crippen LogP contribution in [0.2, 0.25) is 0 Å². The molecule has 2 nitrogen and oxygen atoms in total. The molecule has 1 aliphatic carbocycles. The largest absolute Gasteiger partial charge is 0.312 e. The molecular weight excluding hydrogens is 276 g/mol. The molecule has 0 aliphatic heterocycles. The Bertz CT molecular complexity index is 425. The van der Waals surface area contributed by atoms with E-state index in [1.807, 2.05) is 11.3 Å². The first-order valence-electron chi connectivity index (χ1n) is 8.53. The molecule has 1 N–H and O–H groups in total. The molecule has 1 aromatic heterocycles. The van der Waals surface area contributed by atoms with Gasteiger partial charge in [-0.15, -0.1) is 11.3 Å². The molecule has 3 heteroatoms. The Hall–Kier alpha value is -0.410. The van der Waals surface area contributed by atoms with Crippen molar-refractivity contribution < 1.29 is 0 Å². The molecule has 21 heavy (non-hydrogen) atoms. The summed E-state index contributed by atoms with van der Waals surface area (Å²) in [6.07, 6.45) is 8.18. The molecule has 1 saturated carbocycles. The quantitative estimate of drug-likeness (QED) is 0.801. The van der Waals surface area contributed by atoms with Gasteiger partial charge in [0.25, 0.3) is 0 Å². The van der Waals surface area contributed by atoms with E-state index in [0.717, 1.165) is 18.4 Å². The molecular formula is C18H32N2S. The van der Waals surface area contributed by atoms with Crippen molar-refractivity contribution in [3.63, 3.8) is 0 Å². The number of nitrogens with zero attached hydrogens (tertiary/aromatic N) is 1. The number of hydrogen-bond acceptors (Lipinski definition) is 3. The highest BCUT2D eigenvalue weighted by Crippen LogP contribution is 2.32. The van der Waals surface area contributed by atoms with Gasteiger partial charge in [0.15, 0.2) is 0 Å². The lowest BCUT2D eigenvalue weighted by Gasteiger charge is -2.29. The maximum absolute atomic E-state index is 4.78. The zero-order chi connectivity index (χ0) is 15.5. The van der Waals surface area contributed by atoms with Gasteiger partial charge in [0.05, 0.1) is 10.7 Å². The van der Waals surface area contributed by atoms with Gasteiger partial charge in [-0.05, 0) is 65.8 Å². The van der Waals surface area contributed by atoms with Crippen LogP contribution >= 0.6 is 11.3 Å². The Labute approximate surface area is 134 Å². The average molecular weight is 309 g/mol. The number of hydrogen-bond donors (Lipinski definition) is 1. The first-order chi connectivity index (χ1) is 9.85. The van der Waals surface area contributed by atoms with Crippen molar-refractivity contribution in [2.75, 3.05) is 6.54 Å². The van der Waals surface area contributed by atoms with Crippen LogP contribution in [0.5, 0.6) is 0 Å². The Morgan fingerprint density at radius 1 is 1.10 bits per heavy atom. The summed E-state index contributed by atoms with van der Waals surface area (Å²) in [6.45, 7) is 12.3. The highest BCUT2D eigenvalue weighted by Gasteiger charge is 2.26. The van der Waals surface area contributed by atoms with Gasteiger partial charge in [-0.25, -0.2) is 4.98 Å². The van der Waals surface area contributed by atoms with Gasteiger partial charge in [-0.3, -0.25) is 0 Å². The van der Waals surface area contributed by atoms with Crippen molar-refractivity contribution >= 4 is 11.3 Å². The van der Waals surface area contributed by atoms with Crippen LogP contribution in [0.15, 0.2) is 0 Å². The van der Waals surface area contributed by atoms with E-state index in [4.69, 9.17) is 4.98 Å². The zero-order valence-electron chi connectivity index (χ0n) is 14.5. The molecule has 2 atom stereocenters. The molecule has 1 aromatic rings. The van der Waals surface area contributed by atoms with E-state index < -0.39 is 0 Å². The van der Waals surface area contributed by atoms with Crippen molar-refractivity contribution in [2.24, 2.45) is 11.8 Å². The number of nitrogens with one attached hydrogen (secondary N) is 1. The fourth-order valence-electron chi connectivity index (χ4n) is 3.29. The molecule has 1 heterocycles. The summed E-state index contributed by atoms with van der Waals surface area (Å²) in [7, 11) is 0. The van der Waals surface area contributed by atoms with Crippen LogP contribution < -0.4 is 5.32 Å². The van der Waals surface area contributed by atoms with Crippen molar-refractivity contribution in [1.29, 1.82) is 0 Å². The smallest absolute Gasteiger partial charge is 0.0933 e. The monoisotopic (exact) mass is 308 g/mol. The van der Waals surface area contributed by atoms with Crippen molar-refractivity contribution in [3.05, 3.63) is 15.6 Å². The normalized spacial score (nSPS) is 24.0. The molecule has 2 rings (SSSR count). The number of aryl methyl sites for hydroxylation is 2. The number of thiazole rings is 1. The number of rotatable bonds is 4. The Balaban J connectivity index is 2.01. The lowest BCUT2D eigenvalue weighted by molar-refractivity contribution is 0.269. The molecule has 0 saturated heterocycles. The van der Waals surface area contributed by atoms with Gasteiger partial charge in [0.1, 0.15) is 0 Å². The van der Waals surface area contributed by atoms with Crippen LogP contribution in [-0.2, 0) is 6.42 Å². The van der Waals surface area contributed by atoms with Gasteiger partial charge < -0.3 is 5.32 Å². The van der Waals surface area contributed by atoms with Crippen LogP contribution in [0.4, 0.5) is 0 Å². The highest BCUT2D eigenvalue weighted by molar-refractivity contribution is 7.11. The summed E-state index contributed by atoms with van der Waals surface area (Å²) in [5.41, 5.74) is 1.46. The summed E-state index contributed by atoms with van der Waals surface area (Å²) in [4.78, 5) is 6.17. The van der Waals surface area contributed by atoms with Crippen molar-refractivity contribution in [1.82, 2.24) is 10.3 Å². The van der Waals surface area contributed by atoms with E-state index in [-0.39, 0.29) is 5.54 Å². The summed E-state index contributed by atoms with van der Waals surface area (Å²) >= 11 is 1.91. The number of aromatic nitrogens is 1. The second-order valence-electron chi connectivity index (χ2n) is 7.74. The van der Waals surface area contributed by atoms with Gasteiger partial charge >= 0.3 is 0 Å². The summed E-state index contributed by atoms with van der Waals surface area (Å²) in [5.74, 6) is 1.63. The standard InChI is InChI=1S/C18H32N2S/c1-13-14(2)21-17(20-13)11-15-9-7-6-8-10-16(15)12-19-18(3,4)5/h15-16,19H,6-12H2,1-5H3. The minimum Gasteiger partial charge on any atom is -0.312 e. The van der Waals surface area contributed by atoms with Gasteiger partial charge in [0, 0.05) is 16.8 Å². The summed E-state index contributed by atoms with van der Waals surface area (Å²) < 4.78 is 0. The lowest BCUT2D eigenvalue weighted by Crippen LogP contribution is -2.40. The topological polar surface area (TPSA) is 24.9 Å². The third kappa shape index (κ3) is 5.37. The molecule has 2 unspecified atom stereocenters. The van der Waals surface area contributed by atoms with Gasteiger partial charge in [0.2, 0.25) is 0 Å². The fraction of sp³-hybridized carbons (Fsp3) is 0.833. The fourth-order valence-corrected chi connectivity index (χ4v) is 4.31. The Morgan fingerprint density at radius 3 is 2.33 bits per heavy atom. The Kier molecular flexibility index (Phi) is 5.84. The highest BCUT2D eigenvalue weighted by atomic mass is 32.1. The molecule has 1 fully saturated rings. The minimum absolute atomic E-state index is 0.227. The van der Waals surface area contributed by atoms with Gasteiger partial charge in [-0.2, -0.15) is 0 Å². The van der Waals surface area contributed by atoms with E-state index in [9.17, 15) is 0 Å². The maximum Gasteiger partial charge on any atom is 0.0933 e. The molecule has 1 aliphatic rings. The first-order valence-corrected chi connectivity index (χ1v) is 9.35. The van der Waals surface area contributed by atoms with Gasteiger partial charge in [-0.1, -0.05) is 19.3 Å². The minimum atomic E-state index is 0.227. The molecule has 0 spiro atoms. The first kappa shape index (κ1) is 17.0. The van der Waals surface area contributed by atoms with Crippen LogP contribution in [0.25, 0.3) is 0 Å². The summed E-state index contributed by atoms with van der Waals surface area (Å²) in [5, 5.41) is 5.09. The van der Waals surface area contributed by atoms with Crippen LogP contribution in [-0.4, -0.2) is 17.1 Å². The molecule has 0 aromatic carbocycles. The molecule has 0 radical (unpaired) electrons. The molecule has 0 bridgehead atoms. The SMILES string of the molecule is Cc1nc(CC2CCCCCC2CNC(C)(C)C)sc1C. The van der Waals surface area contributed by atoms with E-state index in [2.05, 4.69) is 39.9 Å². The van der Waals surface area contributed by atoms with Crippen LogP contribution in [0, 0.1) is 25.7 Å². The predicted octanol–water partition coefficient (Wildman–Crippen LogP) is 4.89. The average Bonchev–Trinajstić information content (AvgIpc) is 2.59. The van der Waals surface area contributed by atoms with E-state index in [1.54, 1.807) is 0 Å². The predicted molar refractivity (Wildman–Crippen MR) is 93.1 cm³/mol. The third-order valence-electron chi connectivity index (χ3n) is 4.72. The van der Waals surface area contributed by atoms with Crippen molar-refractivity contribution in [3.8, 4) is 0 Å². The Morgan fingerprint density at radius 2 is 1.76 bits per heavy atom. The summed E-state index contributed by atoms with van der Waals surface area (Å²) in [6, 6.07) is 0. The van der Waals surface area contributed by atoms with Crippen LogP contribution in [0.1, 0.15) is 68.5 Å². The molecule has 0 amide bonds. The second kappa shape index (κ2) is 7.23. The van der Waals surface area contributed by atoms with Crippen molar-refractivity contribution in [2.45, 2.75) is 78.7 Å². The van der Waals surface area contributed by atoms with Crippen LogP contribution in [0.3, 0.4) is 0 Å². The van der Waals surface area contributed by atoms with E-state index in [1.165, 1.54) is 54.1 Å². The van der Waals surface area contributed by atoms with E-state index >= 15 is 0 Å². The maximum atomic E-state index is 4.78. The third-order valence-corrected chi connectivity index (χ3v) is 5.82. The second-order valence-corrected chi connectivity index (χ2v) is 9.03. The molecule has 120 valence electrons.